The quantitative estimate of drug-likeness (QED) is 0.882. The minimum Gasteiger partial charge on any atom is -0.353 e. The van der Waals surface area contributed by atoms with E-state index in [1.165, 1.54) is 11.0 Å². The van der Waals surface area contributed by atoms with Crippen LogP contribution in [0, 0.1) is 0 Å². The molecule has 0 aromatic heterocycles. The molecule has 2 N–H and O–H groups in total. The summed E-state index contributed by atoms with van der Waals surface area (Å²) in [5.41, 5.74) is -0.0911. The second-order valence-corrected chi connectivity index (χ2v) is 5.82. The second-order valence-electron chi connectivity index (χ2n) is 5.82. The largest absolute Gasteiger partial charge is 0.416 e. The summed E-state index contributed by atoms with van der Waals surface area (Å²) in [6.07, 6.45) is -3.86. The van der Waals surface area contributed by atoms with Crippen LogP contribution in [0.15, 0.2) is 24.3 Å². The van der Waals surface area contributed by atoms with Crippen molar-refractivity contribution in [1.29, 1.82) is 0 Å². The van der Waals surface area contributed by atoms with Crippen LogP contribution in [-0.4, -0.2) is 43.0 Å². The van der Waals surface area contributed by atoms with Gasteiger partial charge in [-0.3, -0.25) is 4.79 Å². The van der Waals surface area contributed by atoms with Gasteiger partial charge in [-0.25, -0.2) is 4.79 Å². The van der Waals surface area contributed by atoms with E-state index in [9.17, 15) is 22.8 Å². The third-order valence-corrected chi connectivity index (χ3v) is 3.96. The van der Waals surface area contributed by atoms with E-state index in [1.54, 1.807) is 6.07 Å². The van der Waals surface area contributed by atoms with Crippen molar-refractivity contribution >= 4 is 11.9 Å². The predicted octanol–water partition coefficient (Wildman–Crippen LogP) is 2.34. The number of nitrogens with zero attached hydrogens (tertiary/aromatic N) is 1. The fraction of sp³-hybridized carbons (Fsp3) is 0.500. The lowest BCUT2D eigenvalue weighted by Gasteiger charge is -2.27. The average molecular weight is 343 g/mol. The first-order valence-corrected chi connectivity index (χ1v) is 7.74. The Hall–Kier alpha value is -2.25. The van der Waals surface area contributed by atoms with Gasteiger partial charge >= 0.3 is 12.2 Å². The Kier molecular flexibility index (Phi) is 5.69. The molecule has 1 aliphatic rings. The predicted molar refractivity (Wildman–Crippen MR) is 82.5 cm³/mol. The minimum absolute atomic E-state index is 0.0228. The molecule has 0 bridgehead atoms. The van der Waals surface area contributed by atoms with Crippen molar-refractivity contribution in [1.82, 2.24) is 15.5 Å². The van der Waals surface area contributed by atoms with E-state index in [1.807, 2.05) is 6.92 Å². The van der Waals surface area contributed by atoms with Crippen molar-refractivity contribution in [3.8, 4) is 0 Å². The van der Waals surface area contributed by atoms with Crippen molar-refractivity contribution in [2.24, 2.45) is 0 Å². The van der Waals surface area contributed by atoms with Gasteiger partial charge in [0.1, 0.15) is 6.54 Å². The average Bonchev–Trinajstić information content (AvgIpc) is 2.54. The van der Waals surface area contributed by atoms with Crippen molar-refractivity contribution in [2.75, 3.05) is 26.2 Å². The third kappa shape index (κ3) is 4.87. The molecule has 0 unspecified atom stereocenters. The molecule has 0 spiro atoms. The molecule has 0 radical (unpaired) electrons. The molecule has 1 fully saturated rings. The number of carbonyl (C=O) groups is 2. The molecular weight excluding hydrogens is 323 g/mol. The van der Waals surface area contributed by atoms with Crippen LogP contribution >= 0.6 is 0 Å². The van der Waals surface area contributed by atoms with Gasteiger partial charge in [0.25, 0.3) is 0 Å². The number of carbonyl (C=O) groups excluding carboxylic acids is 2. The maximum Gasteiger partial charge on any atom is 0.416 e. The molecule has 24 heavy (non-hydrogen) atoms. The van der Waals surface area contributed by atoms with Crippen LogP contribution in [0.2, 0.25) is 0 Å². The molecule has 132 valence electrons. The summed E-state index contributed by atoms with van der Waals surface area (Å²) in [6, 6.07) is 4.89. The van der Waals surface area contributed by atoms with Crippen molar-refractivity contribution < 1.29 is 22.8 Å². The molecule has 2 rings (SSSR count). The molecule has 1 aromatic rings. The van der Waals surface area contributed by atoms with Crippen LogP contribution in [0.4, 0.5) is 18.0 Å². The molecule has 3 amide bonds. The van der Waals surface area contributed by atoms with Gasteiger partial charge in [0.2, 0.25) is 5.91 Å². The standard InChI is InChI=1S/C16H20F3N3O2/c1-11(12-3-2-4-13(9-12)16(17,18)19)5-6-21-15(24)22-8-7-20-14(23)10-22/h2-4,9,11H,5-8,10H2,1H3,(H,20,23)(H,21,24)/t11-/m1/s1. The summed E-state index contributed by atoms with van der Waals surface area (Å²) in [6.45, 7) is 3.03. The molecular formula is C16H20F3N3O2. The lowest BCUT2D eigenvalue weighted by Crippen LogP contribution is -2.53. The molecule has 8 heteroatoms. The number of rotatable bonds is 4. The molecule has 1 aliphatic heterocycles. The van der Waals surface area contributed by atoms with E-state index in [0.717, 1.165) is 12.1 Å². The Morgan fingerprint density at radius 3 is 2.83 bits per heavy atom. The number of piperazine rings is 1. The molecule has 1 heterocycles. The first-order chi connectivity index (χ1) is 11.3. The van der Waals surface area contributed by atoms with Gasteiger partial charge in [-0.15, -0.1) is 0 Å². The zero-order chi connectivity index (χ0) is 17.7. The topological polar surface area (TPSA) is 61.4 Å². The normalized spacial score (nSPS) is 16.5. The van der Waals surface area contributed by atoms with E-state index in [2.05, 4.69) is 10.6 Å². The van der Waals surface area contributed by atoms with Crippen LogP contribution in [-0.2, 0) is 11.0 Å². The summed E-state index contributed by atoms with van der Waals surface area (Å²) in [5, 5.41) is 5.33. The number of alkyl halides is 3. The van der Waals surface area contributed by atoms with Crippen LogP contribution < -0.4 is 10.6 Å². The Labute approximate surface area is 138 Å². The third-order valence-electron chi connectivity index (χ3n) is 3.96. The van der Waals surface area contributed by atoms with Crippen molar-refractivity contribution in [3.63, 3.8) is 0 Å². The fourth-order valence-corrected chi connectivity index (χ4v) is 2.51. The van der Waals surface area contributed by atoms with Gasteiger partial charge in [-0.05, 0) is 24.0 Å². The monoisotopic (exact) mass is 343 g/mol. The Balaban J connectivity index is 1.84. The zero-order valence-corrected chi connectivity index (χ0v) is 13.3. The maximum atomic E-state index is 12.7. The first-order valence-electron chi connectivity index (χ1n) is 7.74. The summed E-state index contributed by atoms with van der Waals surface area (Å²) < 4.78 is 38.2. The van der Waals surface area contributed by atoms with E-state index in [-0.39, 0.29) is 24.4 Å². The molecule has 0 aliphatic carbocycles. The van der Waals surface area contributed by atoms with Crippen LogP contribution in [0.1, 0.15) is 30.4 Å². The highest BCUT2D eigenvalue weighted by Gasteiger charge is 2.30. The van der Waals surface area contributed by atoms with Gasteiger partial charge in [0, 0.05) is 19.6 Å². The van der Waals surface area contributed by atoms with Gasteiger partial charge in [-0.1, -0.05) is 25.1 Å². The number of amides is 3. The van der Waals surface area contributed by atoms with Crippen LogP contribution in [0.3, 0.4) is 0 Å². The van der Waals surface area contributed by atoms with Gasteiger partial charge < -0.3 is 15.5 Å². The molecule has 1 saturated heterocycles. The van der Waals surface area contributed by atoms with E-state index >= 15 is 0 Å². The van der Waals surface area contributed by atoms with Gasteiger partial charge in [0.15, 0.2) is 0 Å². The Morgan fingerprint density at radius 2 is 2.17 bits per heavy atom. The Morgan fingerprint density at radius 1 is 1.42 bits per heavy atom. The summed E-state index contributed by atoms with van der Waals surface area (Å²) >= 11 is 0. The molecule has 1 aromatic carbocycles. The van der Waals surface area contributed by atoms with E-state index in [4.69, 9.17) is 0 Å². The van der Waals surface area contributed by atoms with E-state index < -0.39 is 11.7 Å². The number of hydrogen-bond acceptors (Lipinski definition) is 2. The number of urea groups is 1. The SMILES string of the molecule is C[C@H](CCNC(=O)N1CCNC(=O)C1)c1cccc(C(F)(F)F)c1. The highest BCUT2D eigenvalue weighted by molar-refractivity contribution is 5.85. The molecule has 1 atom stereocenters. The van der Waals surface area contributed by atoms with Crippen LogP contribution in [0.25, 0.3) is 0 Å². The van der Waals surface area contributed by atoms with Gasteiger partial charge in [0.05, 0.1) is 5.56 Å². The van der Waals surface area contributed by atoms with E-state index in [0.29, 0.717) is 31.6 Å². The molecule has 5 nitrogen and oxygen atoms in total. The lowest BCUT2D eigenvalue weighted by atomic mass is 9.96. The summed E-state index contributed by atoms with van der Waals surface area (Å²) in [7, 11) is 0. The number of nitrogens with one attached hydrogen (secondary N) is 2. The van der Waals surface area contributed by atoms with Gasteiger partial charge in [-0.2, -0.15) is 13.2 Å². The number of halogens is 3. The maximum absolute atomic E-state index is 12.7. The van der Waals surface area contributed by atoms with Crippen molar-refractivity contribution in [2.45, 2.75) is 25.4 Å². The fourth-order valence-electron chi connectivity index (χ4n) is 2.51. The van der Waals surface area contributed by atoms with Crippen LogP contribution in [0.5, 0.6) is 0 Å². The second kappa shape index (κ2) is 7.55. The highest BCUT2D eigenvalue weighted by Crippen LogP contribution is 2.31. The van der Waals surface area contributed by atoms with Crippen molar-refractivity contribution in [3.05, 3.63) is 35.4 Å². The first kappa shape index (κ1) is 18.1. The lowest BCUT2D eigenvalue weighted by molar-refractivity contribution is -0.137. The summed E-state index contributed by atoms with van der Waals surface area (Å²) in [5.74, 6) is -0.328. The molecule has 0 saturated carbocycles. The zero-order valence-electron chi connectivity index (χ0n) is 13.3. The minimum atomic E-state index is -4.36. The number of benzene rings is 1. The highest BCUT2D eigenvalue weighted by atomic mass is 19.4. The smallest absolute Gasteiger partial charge is 0.353 e. The number of hydrogen-bond donors (Lipinski definition) is 2. The summed E-state index contributed by atoms with van der Waals surface area (Å²) in [4.78, 5) is 24.6. The Bertz CT molecular complexity index is 604.